The van der Waals surface area contributed by atoms with E-state index < -0.39 is 0 Å². The Morgan fingerprint density at radius 2 is 1.76 bits per heavy atom. The Labute approximate surface area is 135 Å². The van der Waals surface area contributed by atoms with E-state index in [9.17, 15) is 0 Å². The van der Waals surface area contributed by atoms with Crippen molar-refractivity contribution < 1.29 is 4.74 Å². The Morgan fingerprint density at radius 1 is 1.05 bits per heavy atom. The smallest absolute Gasteiger partial charge is 0.0587 e. The van der Waals surface area contributed by atoms with Gasteiger partial charge in [0, 0.05) is 23.4 Å². The van der Waals surface area contributed by atoms with Gasteiger partial charge >= 0.3 is 0 Å². The molecule has 0 spiro atoms. The Kier molecular flexibility index (Phi) is 7.38. The largest absolute Gasteiger partial charge is 0.383 e. The first-order chi connectivity index (χ1) is 9.74. The molecule has 0 saturated carbocycles. The van der Waals surface area contributed by atoms with Crippen LogP contribution in [-0.2, 0) is 16.6 Å². The monoisotopic (exact) mass is 311 g/mol. The highest BCUT2D eigenvalue weighted by atomic mass is 32.1. The highest BCUT2D eigenvalue weighted by molar-refractivity contribution is 7.12. The van der Waals surface area contributed by atoms with Crippen LogP contribution in [0.15, 0.2) is 12.1 Å². The van der Waals surface area contributed by atoms with Crippen molar-refractivity contribution in [2.45, 2.75) is 59.3 Å². The van der Waals surface area contributed by atoms with Gasteiger partial charge in [0.1, 0.15) is 0 Å². The van der Waals surface area contributed by atoms with Crippen molar-refractivity contribution in [1.82, 2.24) is 5.32 Å². The van der Waals surface area contributed by atoms with Crippen molar-refractivity contribution in [3.8, 4) is 0 Å². The summed E-state index contributed by atoms with van der Waals surface area (Å²) in [6.45, 7) is 14.5. The third-order valence-electron chi connectivity index (χ3n) is 3.91. The molecule has 0 aromatic carbocycles. The zero-order valence-electron chi connectivity index (χ0n) is 14.7. The number of hydrogen-bond acceptors (Lipinski definition) is 3. The maximum Gasteiger partial charge on any atom is 0.0587 e. The molecule has 0 fully saturated rings. The zero-order valence-corrected chi connectivity index (χ0v) is 15.5. The van der Waals surface area contributed by atoms with Gasteiger partial charge in [0.2, 0.25) is 0 Å². The number of rotatable bonds is 9. The molecule has 0 atom stereocenters. The molecule has 3 heteroatoms. The lowest BCUT2D eigenvalue weighted by molar-refractivity contribution is 0.197. The molecule has 1 aromatic heterocycles. The summed E-state index contributed by atoms with van der Waals surface area (Å²) in [5.74, 6) is 0. The summed E-state index contributed by atoms with van der Waals surface area (Å²) in [6, 6.07) is 4.62. The minimum atomic E-state index is 0.281. The Morgan fingerprint density at radius 3 is 2.33 bits per heavy atom. The molecular weight excluding hydrogens is 278 g/mol. The van der Waals surface area contributed by atoms with Crippen molar-refractivity contribution in [3.05, 3.63) is 21.9 Å². The second-order valence-electron chi connectivity index (χ2n) is 7.67. The topological polar surface area (TPSA) is 21.3 Å². The van der Waals surface area contributed by atoms with Crippen LogP contribution >= 0.6 is 11.3 Å². The average Bonchev–Trinajstić information content (AvgIpc) is 2.85. The number of ether oxygens (including phenoxy) is 1. The van der Waals surface area contributed by atoms with Crippen LogP contribution in [0.2, 0.25) is 0 Å². The van der Waals surface area contributed by atoms with Gasteiger partial charge in [-0.05, 0) is 48.8 Å². The van der Waals surface area contributed by atoms with Gasteiger partial charge in [0.05, 0.1) is 6.61 Å². The SMILES string of the molecule is COCCNCCC(C)(C)CCc1ccc(C(C)(C)C)s1. The highest BCUT2D eigenvalue weighted by Crippen LogP contribution is 2.32. The molecule has 0 amide bonds. The molecule has 0 radical (unpaired) electrons. The fraction of sp³-hybridized carbons (Fsp3) is 0.778. The summed E-state index contributed by atoms with van der Waals surface area (Å²) in [5.41, 5.74) is 0.676. The molecular formula is C18H33NOS. The first-order valence-electron chi connectivity index (χ1n) is 8.03. The van der Waals surface area contributed by atoms with E-state index in [-0.39, 0.29) is 5.41 Å². The van der Waals surface area contributed by atoms with E-state index in [4.69, 9.17) is 4.74 Å². The predicted molar refractivity (Wildman–Crippen MR) is 94.5 cm³/mol. The Balaban J connectivity index is 2.34. The van der Waals surface area contributed by atoms with Crippen molar-refractivity contribution in [1.29, 1.82) is 0 Å². The van der Waals surface area contributed by atoms with Crippen LogP contribution in [-0.4, -0.2) is 26.8 Å². The Hall–Kier alpha value is -0.380. The molecule has 0 aliphatic heterocycles. The minimum Gasteiger partial charge on any atom is -0.383 e. The zero-order chi connectivity index (χ0) is 15.9. The maximum atomic E-state index is 5.05. The van der Waals surface area contributed by atoms with Crippen LogP contribution in [0.1, 0.15) is 57.2 Å². The van der Waals surface area contributed by atoms with Crippen LogP contribution in [0.3, 0.4) is 0 Å². The summed E-state index contributed by atoms with van der Waals surface area (Å²) in [5, 5.41) is 3.44. The van der Waals surface area contributed by atoms with E-state index in [1.165, 1.54) is 29.0 Å². The molecule has 1 N–H and O–H groups in total. The number of nitrogens with one attached hydrogen (secondary N) is 1. The van der Waals surface area contributed by atoms with E-state index in [1.807, 2.05) is 11.3 Å². The van der Waals surface area contributed by atoms with Crippen molar-refractivity contribution in [3.63, 3.8) is 0 Å². The third-order valence-corrected chi connectivity index (χ3v) is 5.48. The van der Waals surface area contributed by atoms with Crippen LogP contribution < -0.4 is 5.32 Å². The lowest BCUT2D eigenvalue weighted by atomic mass is 9.84. The number of methoxy groups -OCH3 is 1. The third kappa shape index (κ3) is 7.44. The molecule has 0 bridgehead atoms. The molecule has 0 aliphatic carbocycles. The maximum absolute atomic E-state index is 5.05. The second-order valence-corrected chi connectivity index (χ2v) is 8.84. The Bertz CT molecular complexity index is 404. The molecule has 0 saturated heterocycles. The first-order valence-corrected chi connectivity index (χ1v) is 8.85. The van der Waals surface area contributed by atoms with Crippen molar-refractivity contribution >= 4 is 11.3 Å². The standard InChI is InChI=1S/C18H33NOS/c1-17(2,3)16-8-7-15(21-16)9-10-18(4,5)11-12-19-13-14-20-6/h7-8,19H,9-14H2,1-6H3. The summed E-state index contributed by atoms with van der Waals surface area (Å²) >= 11 is 1.98. The molecule has 1 rings (SSSR count). The van der Waals surface area contributed by atoms with Gasteiger partial charge in [-0.3, -0.25) is 0 Å². The van der Waals surface area contributed by atoms with Gasteiger partial charge in [-0.25, -0.2) is 0 Å². The second kappa shape index (κ2) is 8.30. The quantitative estimate of drug-likeness (QED) is 0.671. The van der Waals surface area contributed by atoms with Gasteiger partial charge in [-0.15, -0.1) is 11.3 Å². The average molecular weight is 312 g/mol. The molecule has 0 aliphatic rings. The van der Waals surface area contributed by atoms with Gasteiger partial charge in [-0.1, -0.05) is 34.6 Å². The highest BCUT2D eigenvalue weighted by Gasteiger charge is 2.19. The molecule has 122 valence electrons. The van der Waals surface area contributed by atoms with Crippen molar-refractivity contribution in [2.24, 2.45) is 5.41 Å². The van der Waals surface area contributed by atoms with Gasteiger partial charge < -0.3 is 10.1 Å². The lowest BCUT2D eigenvalue weighted by Crippen LogP contribution is -2.25. The van der Waals surface area contributed by atoms with Gasteiger partial charge in [0.25, 0.3) is 0 Å². The van der Waals surface area contributed by atoms with Gasteiger partial charge in [-0.2, -0.15) is 0 Å². The summed E-state index contributed by atoms with van der Waals surface area (Å²) < 4.78 is 5.05. The molecule has 1 heterocycles. The number of thiophene rings is 1. The van der Waals surface area contributed by atoms with E-state index >= 15 is 0 Å². The van der Waals surface area contributed by atoms with Crippen LogP contribution in [0, 0.1) is 5.41 Å². The molecule has 21 heavy (non-hydrogen) atoms. The lowest BCUT2D eigenvalue weighted by Gasteiger charge is -2.24. The fourth-order valence-electron chi connectivity index (χ4n) is 2.23. The van der Waals surface area contributed by atoms with Crippen LogP contribution in [0.25, 0.3) is 0 Å². The molecule has 0 unspecified atom stereocenters. The minimum absolute atomic E-state index is 0.281. The van der Waals surface area contributed by atoms with Crippen LogP contribution in [0.4, 0.5) is 0 Å². The van der Waals surface area contributed by atoms with Crippen molar-refractivity contribution in [2.75, 3.05) is 26.8 Å². The molecule has 2 nitrogen and oxygen atoms in total. The summed E-state index contributed by atoms with van der Waals surface area (Å²) in [7, 11) is 1.75. The number of hydrogen-bond donors (Lipinski definition) is 1. The van der Waals surface area contributed by atoms with E-state index in [0.717, 1.165) is 19.7 Å². The first kappa shape index (κ1) is 18.7. The molecule has 1 aromatic rings. The predicted octanol–water partition coefficient (Wildman–Crippen LogP) is 4.63. The van der Waals surface area contributed by atoms with E-state index in [2.05, 4.69) is 52.1 Å². The van der Waals surface area contributed by atoms with E-state index in [1.54, 1.807) is 7.11 Å². The van der Waals surface area contributed by atoms with Crippen LogP contribution in [0.5, 0.6) is 0 Å². The normalized spacial score (nSPS) is 12.9. The van der Waals surface area contributed by atoms with Gasteiger partial charge in [0.15, 0.2) is 0 Å². The number of aryl methyl sites for hydroxylation is 1. The fourth-order valence-corrected chi connectivity index (χ4v) is 3.29. The summed E-state index contributed by atoms with van der Waals surface area (Å²) in [4.78, 5) is 3.02. The van der Waals surface area contributed by atoms with E-state index in [0.29, 0.717) is 5.41 Å². The summed E-state index contributed by atoms with van der Waals surface area (Å²) in [6.07, 6.45) is 3.67.